The second kappa shape index (κ2) is 7.26. The van der Waals surface area contributed by atoms with Crippen molar-refractivity contribution in [2.45, 2.75) is 53.1 Å². The molecule has 1 aromatic carbocycles. The van der Waals surface area contributed by atoms with Crippen LogP contribution in [0.1, 0.15) is 46.1 Å². The summed E-state index contributed by atoms with van der Waals surface area (Å²) in [4.78, 5) is 2.30. The normalized spacial score (nSPS) is 19.0. The molecule has 0 bridgehead atoms. The summed E-state index contributed by atoms with van der Waals surface area (Å²) >= 11 is 0. The molecule has 0 saturated carbocycles. The number of rotatable bonds is 6. The smallest absolute Gasteiger partial charge is 0.146 e. The minimum atomic E-state index is -0.0774. The summed E-state index contributed by atoms with van der Waals surface area (Å²) in [6, 6.07) is 5.94. The van der Waals surface area contributed by atoms with Crippen molar-refractivity contribution in [1.82, 2.24) is 5.32 Å². The Hall–Kier alpha value is -1.09. The summed E-state index contributed by atoms with van der Waals surface area (Å²) in [6.45, 7) is 11.5. The van der Waals surface area contributed by atoms with Crippen molar-refractivity contribution in [3.63, 3.8) is 0 Å². The Morgan fingerprint density at radius 1 is 1.29 bits per heavy atom. The molecular formula is C18H29FN2. The highest BCUT2D eigenvalue weighted by Crippen LogP contribution is 2.34. The van der Waals surface area contributed by atoms with E-state index in [4.69, 9.17) is 0 Å². The Labute approximate surface area is 128 Å². The minimum Gasteiger partial charge on any atom is -0.366 e. The monoisotopic (exact) mass is 292 g/mol. The van der Waals surface area contributed by atoms with Gasteiger partial charge in [-0.2, -0.15) is 0 Å². The fraction of sp³-hybridized carbons (Fsp3) is 0.667. The molecule has 3 heteroatoms. The Balaban J connectivity index is 2.21. The molecule has 1 aliphatic heterocycles. The molecule has 0 aromatic heterocycles. The van der Waals surface area contributed by atoms with Gasteiger partial charge >= 0.3 is 0 Å². The molecule has 1 aliphatic rings. The van der Waals surface area contributed by atoms with Gasteiger partial charge in [0.15, 0.2) is 0 Å². The zero-order valence-corrected chi connectivity index (χ0v) is 13.8. The minimum absolute atomic E-state index is 0.0774. The van der Waals surface area contributed by atoms with Gasteiger partial charge in [0.25, 0.3) is 0 Å². The lowest BCUT2D eigenvalue weighted by atomic mass is 10.0. The van der Waals surface area contributed by atoms with Crippen LogP contribution in [0.15, 0.2) is 18.2 Å². The molecule has 0 radical (unpaired) electrons. The Kier molecular flexibility index (Phi) is 5.63. The maximum absolute atomic E-state index is 14.5. The average Bonchev–Trinajstić information content (AvgIpc) is 2.87. The molecular weight excluding hydrogens is 263 g/mol. The van der Waals surface area contributed by atoms with Crippen LogP contribution in [0.3, 0.4) is 0 Å². The first-order chi connectivity index (χ1) is 10.0. The highest BCUT2D eigenvalue weighted by atomic mass is 19.1. The molecule has 2 rings (SSSR count). The van der Waals surface area contributed by atoms with Crippen LogP contribution in [0.25, 0.3) is 0 Å². The van der Waals surface area contributed by atoms with Gasteiger partial charge in [-0.1, -0.05) is 39.8 Å². The maximum atomic E-state index is 14.5. The van der Waals surface area contributed by atoms with Crippen LogP contribution in [0.2, 0.25) is 0 Å². The molecule has 1 N–H and O–H groups in total. The van der Waals surface area contributed by atoms with Crippen LogP contribution < -0.4 is 10.2 Å². The average molecular weight is 292 g/mol. The van der Waals surface area contributed by atoms with Crippen LogP contribution in [0.4, 0.5) is 10.1 Å². The van der Waals surface area contributed by atoms with Crippen molar-refractivity contribution in [3.8, 4) is 0 Å². The lowest BCUT2D eigenvalue weighted by Crippen LogP contribution is -2.35. The maximum Gasteiger partial charge on any atom is 0.146 e. The quantitative estimate of drug-likeness (QED) is 0.845. The molecule has 1 fully saturated rings. The fourth-order valence-electron chi connectivity index (χ4n) is 3.28. The van der Waals surface area contributed by atoms with E-state index in [1.165, 1.54) is 6.42 Å². The van der Waals surface area contributed by atoms with Gasteiger partial charge in [-0.25, -0.2) is 4.39 Å². The standard InChI is InChI=1S/C18H29FN2/c1-13(2)11-20-12-15-7-5-8-16(19)18(15)21-10-6-9-17(21)14(3)4/h5,7-8,13-14,17,20H,6,9-12H2,1-4H3. The van der Waals surface area contributed by atoms with E-state index < -0.39 is 0 Å². The van der Waals surface area contributed by atoms with Gasteiger partial charge in [0.05, 0.1) is 5.69 Å². The molecule has 1 heterocycles. The molecule has 0 aliphatic carbocycles. The fourth-order valence-corrected chi connectivity index (χ4v) is 3.28. The highest BCUT2D eigenvalue weighted by molar-refractivity contribution is 5.56. The Bertz CT molecular complexity index is 457. The van der Waals surface area contributed by atoms with Crippen LogP contribution >= 0.6 is 0 Å². The molecule has 0 spiro atoms. The van der Waals surface area contributed by atoms with Crippen molar-refractivity contribution < 1.29 is 4.39 Å². The first-order valence-electron chi connectivity index (χ1n) is 8.25. The number of nitrogens with one attached hydrogen (secondary N) is 1. The van der Waals surface area contributed by atoms with Gasteiger partial charge in [0, 0.05) is 19.1 Å². The van der Waals surface area contributed by atoms with E-state index in [2.05, 4.69) is 44.0 Å². The Morgan fingerprint density at radius 2 is 2.05 bits per heavy atom. The molecule has 0 amide bonds. The van der Waals surface area contributed by atoms with E-state index in [1.807, 2.05) is 6.07 Å². The topological polar surface area (TPSA) is 15.3 Å². The second-order valence-electron chi connectivity index (χ2n) is 6.92. The summed E-state index contributed by atoms with van der Waals surface area (Å²) in [5, 5.41) is 3.44. The van der Waals surface area contributed by atoms with Gasteiger partial charge in [0.2, 0.25) is 0 Å². The number of benzene rings is 1. The highest BCUT2D eigenvalue weighted by Gasteiger charge is 2.30. The predicted molar refractivity (Wildman–Crippen MR) is 88.2 cm³/mol. The van der Waals surface area contributed by atoms with Crippen molar-refractivity contribution in [1.29, 1.82) is 0 Å². The van der Waals surface area contributed by atoms with Crippen molar-refractivity contribution >= 4 is 5.69 Å². The lowest BCUT2D eigenvalue weighted by molar-refractivity contribution is 0.483. The molecule has 21 heavy (non-hydrogen) atoms. The van der Waals surface area contributed by atoms with E-state index >= 15 is 0 Å². The summed E-state index contributed by atoms with van der Waals surface area (Å²) in [6.07, 6.45) is 2.33. The Morgan fingerprint density at radius 3 is 2.71 bits per heavy atom. The number of hydrogen-bond donors (Lipinski definition) is 1. The summed E-state index contributed by atoms with van der Waals surface area (Å²) in [5.41, 5.74) is 1.91. The summed E-state index contributed by atoms with van der Waals surface area (Å²) < 4.78 is 14.5. The van der Waals surface area contributed by atoms with Crippen LogP contribution in [0, 0.1) is 17.7 Å². The third-order valence-corrected chi connectivity index (χ3v) is 4.29. The number of hydrogen-bond acceptors (Lipinski definition) is 2. The largest absolute Gasteiger partial charge is 0.366 e. The van der Waals surface area contributed by atoms with Crippen LogP contribution in [0.5, 0.6) is 0 Å². The van der Waals surface area contributed by atoms with Crippen LogP contribution in [-0.2, 0) is 6.54 Å². The zero-order valence-electron chi connectivity index (χ0n) is 13.8. The molecule has 118 valence electrons. The van der Waals surface area contributed by atoms with Gasteiger partial charge in [0.1, 0.15) is 5.82 Å². The number of nitrogens with zero attached hydrogens (tertiary/aromatic N) is 1. The summed E-state index contributed by atoms with van der Waals surface area (Å²) in [7, 11) is 0. The van der Waals surface area contributed by atoms with Gasteiger partial charge in [-0.05, 0) is 42.9 Å². The van der Waals surface area contributed by atoms with E-state index in [-0.39, 0.29) is 5.82 Å². The first-order valence-corrected chi connectivity index (χ1v) is 8.25. The SMILES string of the molecule is CC(C)CNCc1cccc(F)c1N1CCCC1C(C)C. The summed E-state index contributed by atoms with van der Waals surface area (Å²) in [5.74, 6) is 1.09. The number of anilines is 1. The molecule has 1 saturated heterocycles. The van der Waals surface area contributed by atoms with Crippen LogP contribution in [-0.4, -0.2) is 19.1 Å². The number of para-hydroxylation sites is 1. The first kappa shape index (κ1) is 16.3. The van der Waals surface area contributed by atoms with Crippen molar-refractivity contribution in [2.75, 3.05) is 18.0 Å². The van der Waals surface area contributed by atoms with Gasteiger partial charge < -0.3 is 10.2 Å². The van der Waals surface area contributed by atoms with Gasteiger partial charge in [-0.3, -0.25) is 0 Å². The lowest BCUT2D eigenvalue weighted by Gasteiger charge is -2.32. The van der Waals surface area contributed by atoms with Crippen molar-refractivity contribution in [3.05, 3.63) is 29.6 Å². The van der Waals surface area contributed by atoms with Crippen molar-refractivity contribution in [2.24, 2.45) is 11.8 Å². The van der Waals surface area contributed by atoms with E-state index in [0.29, 0.717) is 17.9 Å². The van der Waals surface area contributed by atoms with E-state index in [9.17, 15) is 4.39 Å². The zero-order chi connectivity index (χ0) is 15.4. The van der Waals surface area contributed by atoms with E-state index in [1.54, 1.807) is 6.07 Å². The third-order valence-electron chi connectivity index (χ3n) is 4.29. The molecule has 1 aromatic rings. The predicted octanol–water partition coefficient (Wildman–Crippen LogP) is 4.20. The third kappa shape index (κ3) is 3.97. The molecule has 1 atom stereocenters. The van der Waals surface area contributed by atoms with E-state index in [0.717, 1.165) is 37.3 Å². The molecule has 1 unspecified atom stereocenters. The molecule has 2 nitrogen and oxygen atoms in total. The number of halogens is 1. The second-order valence-corrected chi connectivity index (χ2v) is 6.92. The van der Waals surface area contributed by atoms with Gasteiger partial charge in [-0.15, -0.1) is 0 Å².